The summed E-state index contributed by atoms with van der Waals surface area (Å²) in [4.78, 5) is 8.40. The van der Waals surface area contributed by atoms with E-state index in [0.29, 0.717) is 6.61 Å². The van der Waals surface area contributed by atoms with Crippen LogP contribution in [-0.4, -0.2) is 48.1 Å². The van der Waals surface area contributed by atoms with Crippen LogP contribution in [0, 0.1) is 0 Å². The number of hydrogen-bond acceptors (Lipinski definition) is 5. The molecule has 0 rings (SSSR count). The Morgan fingerprint density at radius 1 is 1.06 bits per heavy atom. The van der Waals surface area contributed by atoms with Gasteiger partial charge in [0.05, 0.1) is 31.5 Å². The van der Waals surface area contributed by atoms with Gasteiger partial charge in [-0.15, -0.1) is 9.42 Å². The van der Waals surface area contributed by atoms with Crippen molar-refractivity contribution in [3.8, 4) is 0 Å². The Bertz CT molecular complexity index is 198. The van der Waals surface area contributed by atoms with E-state index in [9.17, 15) is 4.57 Å². The molecular formula is C9H20O6P+. The lowest BCUT2D eigenvalue weighted by Gasteiger charge is -2.16. The largest absolute Gasteiger partial charge is 0.694 e. The minimum absolute atomic E-state index is 0.0643. The molecule has 96 valence electrons. The summed E-state index contributed by atoms with van der Waals surface area (Å²) in [6.45, 7) is 5.87. The highest BCUT2D eigenvalue weighted by molar-refractivity contribution is 7.32. The zero-order valence-electron chi connectivity index (χ0n) is 9.83. The zero-order valence-corrected chi connectivity index (χ0v) is 10.7. The van der Waals surface area contributed by atoms with Gasteiger partial charge in [0.1, 0.15) is 6.61 Å². The van der Waals surface area contributed by atoms with Crippen LogP contribution >= 0.6 is 8.25 Å². The molecule has 0 heterocycles. The predicted molar refractivity (Wildman–Crippen MR) is 58.3 cm³/mol. The van der Waals surface area contributed by atoms with Crippen molar-refractivity contribution in [2.75, 3.05) is 19.8 Å². The van der Waals surface area contributed by atoms with Gasteiger partial charge in [0.2, 0.25) is 0 Å². The normalized spacial score (nSPS) is 17.9. The molecule has 4 unspecified atom stereocenters. The molecule has 0 bridgehead atoms. The van der Waals surface area contributed by atoms with Crippen molar-refractivity contribution in [1.29, 1.82) is 0 Å². The highest BCUT2D eigenvalue weighted by atomic mass is 31.1. The van der Waals surface area contributed by atoms with Crippen molar-refractivity contribution in [1.82, 2.24) is 0 Å². The van der Waals surface area contributed by atoms with E-state index >= 15 is 0 Å². The van der Waals surface area contributed by atoms with Crippen LogP contribution in [0.4, 0.5) is 0 Å². The smallest absolute Gasteiger partial charge is 0.391 e. The predicted octanol–water partition coefficient (Wildman–Crippen LogP) is 0.844. The van der Waals surface area contributed by atoms with Crippen molar-refractivity contribution < 1.29 is 28.6 Å². The maximum atomic E-state index is 10.2. The van der Waals surface area contributed by atoms with E-state index in [1.165, 1.54) is 0 Å². The third kappa shape index (κ3) is 10.4. The fourth-order valence-electron chi connectivity index (χ4n) is 0.868. The van der Waals surface area contributed by atoms with E-state index in [4.69, 9.17) is 19.5 Å². The first-order valence-electron chi connectivity index (χ1n) is 5.12. The molecule has 0 aromatic carbocycles. The van der Waals surface area contributed by atoms with Gasteiger partial charge in [-0.3, -0.25) is 0 Å². The fraction of sp³-hybridized carbons (Fsp3) is 1.00. The summed E-state index contributed by atoms with van der Waals surface area (Å²) >= 11 is 0. The lowest BCUT2D eigenvalue weighted by Crippen LogP contribution is -2.25. The van der Waals surface area contributed by atoms with Gasteiger partial charge in [-0.1, -0.05) is 0 Å². The van der Waals surface area contributed by atoms with Gasteiger partial charge in [-0.2, -0.15) is 0 Å². The van der Waals surface area contributed by atoms with E-state index in [-0.39, 0.29) is 25.4 Å². The molecule has 0 aromatic heterocycles. The second-order valence-electron chi connectivity index (χ2n) is 3.67. The average Bonchev–Trinajstić information content (AvgIpc) is 2.20. The topological polar surface area (TPSA) is 85.2 Å². The lowest BCUT2D eigenvalue weighted by atomic mass is 10.4. The number of aliphatic hydroxyl groups excluding tert-OH is 1. The third-order valence-electron chi connectivity index (χ3n) is 1.66. The van der Waals surface area contributed by atoms with E-state index in [2.05, 4.69) is 4.52 Å². The van der Waals surface area contributed by atoms with E-state index in [1.807, 2.05) is 6.92 Å². The average molecular weight is 255 g/mol. The number of rotatable bonds is 9. The first-order chi connectivity index (χ1) is 7.41. The van der Waals surface area contributed by atoms with Crippen LogP contribution in [0.15, 0.2) is 0 Å². The summed E-state index contributed by atoms with van der Waals surface area (Å²) in [5.74, 6) is 0. The van der Waals surface area contributed by atoms with Crippen LogP contribution in [0.5, 0.6) is 0 Å². The molecule has 0 aliphatic rings. The van der Waals surface area contributed by atoms with Crippen LogP contribution in [-0.2, 0) is 18.6 Å². The standard InChI is InChI=1S/C9H19O6P/c1-7(10)4-13-8(2)5-14-9(3)6-15-16(11)12/h7-10H,4-6H2,1-3H3/p+1. The maximum Gasteiger partial charge on any atom is 0.694 e. The molecule has 0 aliphatic heterocycles. The summed E-state index contributed by atoms with van der Waals surface area (Å²) in [7, 11) is -2.57. The fourth-order valence-corrected chi connectivity index (χ4v) is 1.21. The number of ether oxygens (including phenoxy) is 2. The molecule has 0 saturated carbocycles. The Hall–Kier alpha value is -0.100. The SMILES string of the molecule is CC(O)COC(C)COC(C)CO[P+](=O)O. The van der Waals surface area contributed by atoms with Crippen LogP contribution in [0.2, 0.25) is 0 Å². The van der Waals surface area contributed by atoms with Crippen LogP contribution in [0.3, 0.4) is 0 Å². The van der Waals surface area contributed by atoms with Gasteiger partial charge in [0, 0.05) is 4.57 Å². The second kappa shape index (κ2) is 8.98. The minimum atomic E-state index is -2.57. The molecule has 6 nitrogen and oxygen atoms in total. The van der Waals surface area contributed by atoms with Crippen LogP contribution in [0.25, 0.3) is 0 Å². The van der Waals surface area contributed by atoms with Crippen molar-refractivity contribution >= 4 is 8.25 Å². The first-order valence-corrected chi connectivity index (χ1v) is 6.25. The first kappa shape index (κ1) is 15.9. The van der Waals surface area contributed by atoms with E-state index < -0.39 is 14.4 Å². The number of hydrogen-bond donors (Lipinski definition) is 2. The summed E-state index contributed by atoms with van der Waals surface area (Å²) in [5.41, 5.74) is 0. The Morgan fingerprint density at radius 2 is 1.56 bits per heavy atom. The number of aliphatic hydroxyl groups is 1. The zero-order chi connectivity index (χ0) is 12.6. The molecule has 4 atom stereocenters. The second-order valence-corrected chi connectivity index (χ2v) is 4.40. The monoisotopic (exact) mass is 255 g/mol. The molecule has 0 aromatic rings. The highest BCUT2D eigenvalue weighted by Crippen LogP contribution is 2.15. The van der Waals surface area contributed by atoms with Gasteiger partial charge in [0.25, 0.3) is 0 Å². The molecule has 7 heteroatoms. The molecular weight excluding hydrogens is 235 g/mol. The maximum absolute atomic E-state index is 10.2. The summed E-state index contributed by atoms with van der Waals surface area (Å²) < 4.78 is 25.3. The minimum Gasteiger partial charge on any atom is -0.391 e. The molecule has 2 N–H and O–H groups in total. The van der Waals surface area contributed by atoms with Gasteiger partial charge in [-0.25, -0.2) is 0 Å². The van der Waals surface area contributed by atoms with Crippen LogP contribution in [0.1, 0.15) is 20.8 Å². The summed E-state index contributed by atoms with van der Waals surface area (Å²) in [6, 6.07) is 0. The Balaban J connectivity index is 3.50. The van der Waals surface area contributed by atoms with E-state index in [0.717, 1.165) is 0 Å². The molecule has 16 heavy (non-hydrogen) atoms. The molecule has 0 spiro atoms. The Kier molecular flexibility index (Phi) is 8.93. The molecule has 0 fully saturated rings. The van der Waals surface area contributed by atoms with Crippen molar-refractivity contribution in [2.24, 2.45) is 0 Å². The molecule has 0 radical (unpaired) electrons. The Morgan fingerprint density at radius 3 is 2.06 bits per heavy atom. The van der Waals surface area contributed by atoms with Crippen molar-refractivity contribution in [2.45, 2.75) is 39.1 Å². The Labute approximate surface area is 96.5 Å². The molecule has 0 amide bonds. The van der Waals surface area contributed by atoms with Crippen molar-refractivity contribution in [3.05, 3.63) is 0 Å². The van der Waals surface area contributed by atoms with Gasteiger partial charge >= 0.3 is 8.25 Å². The molecule has 0 aliphatic carbocycles. The van der Waals surface area contributed by atoms with Crippen LogP contribution < -0.4 is 0 Å². The van der Waals surface area contributed by atoms with E-state index in [1.54, 1.807) is 13.8 Å². The van der Waals surface area contributed by atoms with Gasteiger partial charge in [-0.05, 0) is 20.8 Å². The third-order valence-corrected chi connectivity index (χ3v) is 2.03. The lowest BCUT2D eigenvalue weighted by molar-refractivity contribution is -0.0601. The summed E-state index contributed by atoms with van der Waals surface area (Å²) in [6.07, 6.45) is -0.912. The molecule has 0 saturated heterocycles. The van der Waals surface area contributed by atoms with Gasteiger partial charge in [0.15, 0.2) is 0 Å². The van der Waals surface area contributed by atoms with Gasteiger partial charge < -0.3 is 14.6 Å². The highest BCUT2D eigenvalue weighted by Gasteiger charge is 2.16. The summed E-state index contributed by atoms with van der Waals surface area (Å²) in [5, 5.41) is 8.98. The quantitative estimate of drug-likeness (QED) is 0.594. The van der Waals surface area contributed by atoms with Crippen molar-refractivity contribution in [3.63, 3.8) is 0 Å².